The minimum Gasteiger partial charge on any atom is -0.548 e. The summed E-state index contributed by atoms with van der Waals surface area (Å²) < 4.78 is 0. The van der Waals surface area contributed by atoms with Crippen LogP contribution < -0.4 is 22.7 Å². The molecule has 7 heteroatoms. The quantitative estimate of drug-likeness (QED) is 0.131. The summed E-state index contributed by atoms with van der Waals surface area (Å²) in [5, 5.41) is 11.9. The van der Waals surface area contributed by atoms with Crippen molar-refractivity contribution in [2.24, 2.45) is 22.4 Å². The normalized spacial score (nSPS) is 13.9. The average molecular weight is 458 g/mol. The van der Waals surface area contributed by atoms with E-state index in [0.717, 1.165) is 19.3 Å². The molecule has 0 aromatic heterocycles. The molecule has 192 valence electrons. The van der Waals surface area contributed by atoms with Crippen LogP contribution >= 0.6 is 0 Å². The molecule has 2 atom stereocenters. The highest BCUT2D eigenvalue weighted by Gasteiger charge is 2.37. The van der Waals surface area contributed by atoms with Crippen molar-refractivity contribution in [2.75, 3.05) is 20.6 Å². The number of hydrogen-bond donors (Lipinski definition) is 3. The highest BCUT2D eigenvalue weighted by atomic mass is 16.4. The van der Waals surface area contributed by atoms with Crippen LogP contribution in [0.3, 0.4) is 0 Å². The molecule has 0 aliphatic rings. The third kappa shape index (κ3) is 14.7. The van der Waals surface area contributed by atoms with Crippen molar-refractivity contribution in [1.29, 1.82) is 0 Å². The maximum Gasteiger partial charge on any atom is 0.185 e. The van der Waals surface area contributed by atoms with Crippen molar-refractivity contribution in [2.45, 2.75) is 122 Å². The number of guanidine groups is 1. The molecule has 32 heavy (non-hydrogen) atoms. The molecule has 0 saturated heterocycles. The van der Waals surface area contributed by atoms with Crippen molar-refractivity contribution < 1.29 is 9.90 Å². The molecule has 0 amide bonds. The molecule has 7 nitrogen and oxygen atoms in total. The molecule has 0 radical (unpaired) electrons. The molecule has 0 aromatic rings. The summed E-state index contributed by atoms with van der Waals surface area (Å²) in [7, 11) is 3.60. The number of aliphatic carboxylic acids is 1. The van der Waals surface area contributed by atoms with E-state index in [2.05, 4.69) is 11.9 Å². The first-order valence-corrected chi connectivity index (χ1v) is 12.7. The van der Waals surface area contributed by atoms with Gasteiger partial charge in [0.05, 0.1) is 11.5 Å². The van der Waals surface area contributed by atoms with Gasteiger partial charge in [0.15, 0.2) is 5.96 Å². The van der Waals surface area contributed by atoms with Gasteiger partial charge in [-0.05, 0) is 39.8 Å². The summed E-state index contributed by atoms with van der Waals surface area (Å²) in [4.78, 5) is 17.7. The Morgan fingerprint density at radius 1 is 0.844 bits per heavy atom. The summed E-state index contributed by atoms with van der Waals surface area (Å²) in [5.41, 5.74) is 9.84. The topological polar surface area (TPSA) is 144 Å². The Bertz CT molecular complexity index is 481. The molecular formula is C25H55N5O2. The van der Waals surface area contributed by atoms with Crippen molar-refractivity contribution in [3.05, 3.63) is 0 Å². The molecule has 0 spiro atoms. The molecule has 0 heterocycles. The van der Waals surface area contributed by atoms with Crippen LogP contribution in [0.25, 0.3) is 0 Å². The van der Waals surface area contributed by atoms with Gasteiger partial charge in [0.2, 0.25) is 0 Å². The van der Waals surface area contributed by atoms with E-state index in [4.69, 9.17) is 11.5 Å². The Kier molecular flexibility index (Phi) is 20.8. The number of likely N-dealkylation sites (N-methyl/N-ethyl adjacent to an activating group) is 1. The molecular weight excluding hydrogens is 402 g/mol. The van der Waals surface area contributed by atoms with E-state index in [1.165, 1.54) is 77.0 Å². The van der Waals surface area contributed by atoms with E-state index in [1.807, 2.05) is 0 Å². The van der Waals surface area contributed by atoms with E-state index < -0.39 is 11.5 Å². The molecule has 0 aromatic carbocycles. The smallest absolute Gasteiger partial charge is 0.185 e. The van der Waals surface area contributed by atoms with E-state index in [9.17, 15) is 9.90 Å². The van der Waals surface area contributed by atoms with E-state index in [-0.39, 0.29) is 18.0 Å². The lowest BCUT2D eigenvalue weighted by molar-refractivity contribution is -0.320. The number of rotatable bonds is 21. The SMILES string of the molecule is CCCCCCCCCCCCCCCCC(CCN=C(N)N)[C@@](C)(C(=O)[O-])N(C)C.[NH4+]. The fraction of sp³-hybridized carbons (Fsp3) is 0.920. The molecule has 0 bridgehead atoms. The first-order chi connectivity index (χ1) is 14.8. The van der Waals surface area contributed by atoms with Gasteiger partial charge in [-0.2, -0.15) is 0 Å². The van der Waals surface area contributed by atoms with Crippen LogP contribution in [0.15, 0.2) is 4.99 Å². The summed E-state index contributed by atoms with van der Waals surface area (Å²) in [6, 6.07) is 0. The molecule has 0 fully saturated rings. The Labute approximate surface area is 198 Å². The number of carbonyl (C=O) groups is 1. The van der Waals surface area contributed by atoms with E-state index >= 15 is 0 Å². The zero-order chi connectivity index (χ0) is 23.5. The first kappa shape index (κ1) is 32.8. The molecule has 1 unspecified atom stereocenters. The van der Waals surface area contributed by atoms with Crippen LogP contribution in [0.4, 0.5) is 0 Å². The molecule has 8 N–H and O–H groups in total. The third-order valence-electron chi connectivity index (χ3n) is 6.82. The van der Waals surface area contributed by atoms with Gasteiger partial charge in [0.25, 0.3) is 0 Å². The monoisotopic (exact) mass is 457 g/mol. The van der Waals surface area contributed by atoms with Crippen LogP contribution in [-0.4, -0.2) is 43.0 Å². The minimum absolute atomic E-state index is 0. The fourth-order valence-electron chi connectivity index (χ4n) is 4.36. The van der Waals surface area contributed by atoms with Gasteiger partial charge in [-0.15, -0.1) is 0 Å². The fourth-order valence-corrected chi connectivity index (χ4v) is 4.36. The minimum atomic E-state index is -1.03. The van der Waals surface area contributed by atoms with Crippen LogP contribution in [-0.2, 0) is 4.79 Å². The molecule has 0 saturated carbocycles. The van der Waals surface area contributed by atoms with Gasteiger partial charge in [0.1, 0.15) is 0 Å². The summed E-state index contributed by atoms with van der Waals surface area (Å²) in [5.74, 6) is -1.03. The van der Waals surface area contributed by atoms with Crippen LogP contribution in [0, 0.1) is 5.92 Å². The first-order valence-electron chi connectivity index (χ1n) is 12.7. The second-order valence-electron chi connectivity index (χ2n) is 9.51. The molecule has 0 aliphatic carbocycles. The number of carbonyl (C=O) groups excluding carboxylic acids is 1. The number of quaternary nitrogens is 1. The van der Waals surface area contributed by atoms with Crippen molar-refractivity contribution >= 4 is 11.9 Å². The van der Waals surface area contributed by atoms with Gasteiger partial charge in [-0.3, -0.25) is 9.89 Å². The Morgan fingerprint density at radius 3 is 1.59 bits per heavy atom. The van der Waals surface area contributed by atoms with Gasteiger partial charge in [-0.25, -0.2) is 0 Å². The van der Waals surface area contributed by atoms with Crippen molar-refractivity contribution in [3.63, 3.8) is 0 Å². The lowest BCUT2D eigenvalue weighted by Gasteiger charge is -2.44. The molecule has 0 rings (SSSR count). The number of nitrogens with zero attached hydrogens (tertiary/aromatic N) is 2. The third-order valence-corrected chi connectivity index (χ3v) is 6.82. The predicted octanol–water partition coefficient (Wildman–Crippen LogP) is 4.58. The van der Waals surface area contributed by atoms with Crippen molar-refractivity contribution in [1.82, 2.24) is 11.1 Å². The Balaban J connectivity index is 0. The van der Waals surface area contributed by atoms with E-state index in [0.29, 0.717) is 13.0 Å². The van der Waals surface area contributed by atoms with E-state index in [1.54, 1.807) is 25.9 Å². The number of carboxylic acids is 1. The zero-order valence-electron chi connectivity index (χ0n) is 22.0. The van der Waals surface area contributed by atoms with Gasteiger partial charge >= 0.3 is 0 Å². The van der Waals surface area contributed by atoms with Gasteiger partial charge in [-0.1, -0.05) is 96.8 Å². The Morgan fingerprint density at radius 2 is 1.25 bits per heavy atom. The zero-order valence-corrected chi connectivity index (χ0v) is 22.0. The van der Waals surface area contributed by atoms with Crippen LogP contribution in [0.5, 0.6) is 0 Å². The second-order valence-corrected chi connectivity index (χ2v) is 9.51. The number of nitrogens with two attached hydrogens (primary N) is 2. The number of aliphatic imine (C=N–C) groups is 1. The van der Waals surface area contributed by atoms with Crippen LogP contribution in [0.2, 0.25) is 0 Å². The standard InChI is InChI=1S/C25H52N4O2.H3N/c1-5-6-7-8-9-10-11-12-13-14-15-16-17-18-19-22(20-21-28-24(26)27)25(2,23(30)31)29(3)4;/h22H,5-21H2,1-4H3,(H,30,31)(H4,26,27,28);1H3/t22?,25-;/m0./s1. The average Bonchev–Trinajstić information content (AvgIpc) is 2.71. The molecule has 0 aliphatic heterocycles. The highest BCUT2D eigenvalue weighted by molar-refractivity contribution is 5.77. The Hall–Kier alpha value is -1.34. The predicted molar refractivity (Wildman–Crippen MR) is 137 cm³/mol. The summed E-state index contributed by atoms with van der Waals surface area (Å²) >= 11 is 0. The summed E-state index contributed by atoms with van der Waals surface area (Å²) in [6.07, 6.45) is 19.9. The van der Waals surface area contributed by atoms with Crippen molar-refractivity contribution in [3.8, 4) is 0 Å². The second kappa shape index (κ2) is 20.3. The van der Waals surface area contributed by atoms with Gasteiger partial charge < -0.3 is 27.5 Å². The number of unbranched alkanes of at least 4 members (excludes halogenated alkanes) is 13. The van der Waals surface area contributed by atoms with Crippen LogP contribution in [0.1, 0.15) is 117 Å². The lowest BCUT2D eigenvalue weighted by Crippen LogP contribution is -2.60. The maximum absolute atomic E-state index is 11.9. The van der Waals surface area contributed by atoms with Gasteiger partial charge in [0, 0.05) is 6.54 Å². The number of carboxylic acid groups (broad SMARTS) is 1. The maximum atomic E-state index is 11.9. The lowest BCUT2D eigenvalue weighted by atomic mass is 9.78. The number of hydrogen-bond acceptors (Lipinski definition) is 4. The summed E-state index contributed by atoms with van der Waals surface area (Å²) in [6.45, 7) is 4.47. The highest BCUT2D eigenvalue weighted by Crippen LogP contribution is 2.30. The largest absolute Gasteiger partial charge is 0.548 e.